The summed E-state index contributed by atoms with van der Waals surface area (Å²) in [7, 11) is 3.62. The van der Waals surface area contributed by atoms with Crippen molar-refractivity contribution >= 4 is 17.3 Å². The third-order valence-electron chi connectivity index (χ3n) is 6.67. The summed E-state index contributed by atoms with van der Waals surface area (Å²) >= 11 is 0. The summed E-state index contributed by atoms with van der Waals surface area (Å²) in [6, 6.07) is 1.77. The number of carbonyl (C=O) groups excluding carboxylic acids is 1. The quantitative estimate of drug-likeness (QED) is 0.575. The fourth-order valence-corrected chi connectivity index (χ4v) is 4.87. The smallest absolute Gasteiger partial charge is 0.412 e. The Balaban J connectivity index is 1.67. The second kappa shape index (κ2) is 10.3. The van der Waals surface area contributed by atoms with Gasteiger partial charge in [0.05, 0.1) is 36.7 Å². The normalized spacial score (nSPS) is 20.1. The number of hydrogen-bond acceptors (Lipinski definition) is 7. The molecule has 3 rings (SSSR count). The third kappa shape index (κ3) is 6.18. The van der Waals surface area contributed by atoms with Crippen LogP contribution in [0.3, 0.4) is 0 Å². The molecule has 1 aliphatic rings. The number of aliphatic hydroxyl groups is 1. The van der Waals surface area contributed by atoms with Gasteiger partial charge in [0.15, 0.2) is 5.65 Å². The zero-order valence-corrected chi connectivity index (χ0v) is 23.6. The van der Waals surface area contributed by atoms with Gasteiger partial charge < -0.3 is 23.9 Å². The van der Waals surface area contributed by atoms with E-state index in [1.54, 1.807) is 18.2 Å². The number of ether oxygens (including phenoxy) is 3. The van der Waals surface area contributed by atoms with Crippen LogP contribution < -0.4 is 0 Å². The maximum Gasteiger partial charge on any atom is 0.412 e. The first-order valence-corrected chi connectivity index (χ1v) is 12.7. The molecule has 202 valence electrons. The zero-order chi connectivity index (χ0) is 27.1. The summed E-state index contributed by atoms with van der Waals surface area (Å²) in [5.74, 6) is 0. The Labute approximate surface area is 215 Å². The molecule has 36 heavy (non-hydrogen) atoms. The average Bonchev–Trinajstić information content (AvgIpc) is 3.25. The summed E-state index contributed by atoms with van der Waals surface area (Å²) in [4.78, 5) is 23.9. The standard InChI is InChI=1S/C27H44N4O5/c1-25(2,3)22-14-17-23(30(22)9)29-18(15-28-17)20(32)12-11-13-21(34-10)19-16-35-27(7,8)31(19)24(33)36-26(4,5)6/h14-15,19-21,32H,11-13,16H2,1-10H3/t19-,20?,21?/m0/s1. The molecule has 0 aromatic carbocycles. The topological polar surface area (TPSA) is 98.9 Å². The van der Waals surface area contributed by atoms with Crippen molar-refractivity contribution in [2.45, 2.75) is 110 Å². The first kappa shape index (κ1) is 28.3. The Morgan fingerprint density at radius 2 is 1.92 bits per heavy atom. The van der Waals surface area contributed by atoms with Crippen LogP contribution in [0.15, 0.2) is 12.3 Å². The molecule has 0 aliphatic carbocycles. The molecule has 0 radical (unpaired) electrons. The second-order valence-corrected chi connectivity index (χ2v) is 12.2. The van der Waals surface area contributed by atoms with Gasteiger partial charge in [0.2, 0.25) is 0 Å². The minimum atomic E-state index is -0.796. The summed E-state index contributed by atoms with van der Waals surface area (Å²) < 4.78 is 19.4. The Kier molecular flexibility index (Phi) is 8.08. The van der Waals surface area contributed by atoms with Crippen LogP contribution in [0.2, 0.25) is 0 Å². The highest BCUT2D eigenvalue weighted by Crippen LogP contribution is 2.33. The molecule has 1 fully saturated rings. The number of fused-ring (bicyclic) bond motifs is 1. The molecule has 0 spiro atoms. The molecule has 9 heteroatoms. The maximum atomic E-state index is 13.0. The number of aryl methyl sites for hydroxylation is 1. The molecule has 3 heterocycles. The molecular weight excluding hydrogens is 460 g/mol. The molecular formula is C27H44N4O5. The highest BCUT2D eigenvalue weighted by atomic mass is 16.6. The van der Waals surface area contributed by atoms with Crippen molar-refractivity contribution in [3.63, 3.8) is 0 Å². The highest BCUT2D eigenvalue weighted by Gasteiger charge is 2.48. The van der Waals surface area contributed by atoms with Crippen LogP contribution in [-0.2, 0) is 26.7 Å². The van der Waals surface area contributed by atoms with E-state index in [1.807, 2.05) is 46.2 Å². The molecule has 1 saturated heterocycles. The Bertz CT molecular complexity index is 1070. The molecule has 1 amide bonds. The number of methoxy groups -OCH3 is 1. The fourth-order valence-electron chi connectivity index (χ4n) is 4.87. The van der Waals surface area contributed by atoms with Gasteiger partial charge in [0, 0.05) is 25.3 Å². The summed E-state index contributed by atoms with van der Waals surface area (Å²) in [6.07, 6.45) is 2.06. The SMILES string of the molecule is COC(CCCC(O)c1cnc2cc(C(C)(C)C)n(C)c2n1)[C@@H]1COC(C)(C)N1C(=O)OC(C)(C)C. The minimum Gasteiger partial charge on any atom is -0.444 e. The van der Waals surface area contributed by atoms with E-state index < -0.39 is 23.5 Å². The minimum absolute atomic E-state index is 0.0310. The van der Waals surface area contributed by atoms with Crippen LogP contribution in [0.5, 0.6) is 0 Å². The highest BCUT2D eigenvalue weighted by molar-refractivity contribution is 5.73. The monoisotopic (exact) mass is 504 g/mol. The largest absolute Gasteiger partial charge is 0.444 e. The van der Waals surface area contributed by atoms with E-state index in [9.17, 15) is 9.90 Å². The van der Waals surface area contributed by atoms with Gasteiger partial charge in [-0.1, -0.05) is 20.8 Å². The summed E-state index contributed by atoms with van der Waals surface area (Å²) in [6.45, 7) is 16.1. The number of aromatic nitrogens is 3. The molecule has 2 aromatic heterocycles. The van der Waals surface area contributed by atoms with Gasteiger partial charge in [0.1, 0.15) is 16.8 Å². The Morgan fingerprint density at radius 1 is 1.25 bits per heavy atom. The maximum absolute atomic E-state index is 13.0. The van der Waals surface area contributed by atoms with Crippen LogP contribution in [0.1, 0.15) is 92.1 Å². The lowest BCUT2D eigenvalue weighted by atomic mass is 9.92. The number of amides is 1. The van der Waals surface area contributed by atoms with Crippen molar-refractivity contribution in [3.05, 3.63) is 23.7 Å². The lowest BCUT2D eigenvalue weighted by molar-refractivity contribution is -0.0704. The van der Waals surface area contributed by atoms with Gasteiger partial charge in [-0.3, -0.25) is 9.88 Å². The van der Waals surface area contributed by atoms with E-state index in [0.717, 1.165) is 16.9 Å². The molecule has 2 aromatic rings. The number of nitrogens with zero attached hydrogens (tertiary/aromatic N) is 4. The number of rotatable bonds is 7. The van der Waals surface area contributed by atoms with Crippen molar-refractivity contribution < 1.29 is 24.1 Å². The molecule has 1 aliphatic heterocycles. The van der Waals surface area contributed by atoms with Crippen LogP contribution in [0, 0.1) is 0 Å². The first-order chi connectivity index (χ1) is 16.5. The predicted octanol–water partition coefficient (Wildman–Crippen LogP) is 4.86. The van der Waals surface area contributed by atoms with Crippen molar-refractivity contribution in [3.8, 4) is 0 Å². The van der Waals surface area contributed by atoms with E-state index in [1.165, 1.54) is 0 Å². The molecule has 9 nitrogen and oxygen atoms in total. The van der Waals surface area contributed by atoms with E-state index >= 15 is 0 Å². The van der Waals surface area contributed by atoms with Crippen LogP contribution in [0.4, 0.5) is 4.79 Å². The Hall–Kier alpha value is -2.23. The average molecular weight is 505 g/mol. The first-order valence-electron chi connectivity index (χ1n) is 12.7. The molecule has 0 saturated carbocycles. The summed E-state index contributed by atoms with van der Waals surface area (Å²) in [5, 5.41) is 10.9. The van der Waals surface area contributed by atoms with Gasteiger partial charge in [-0.25, -0.2) is 9.78 Å². The predicted molar refractivity (Wildman–Crippen MR) is 139 cm³/mol. The molecule has 2 unspecified atom stereocenters. The number of carbonyl (C=O) groups is 1. The zero-order valence-electron chi connectivity index (χ0n) is 23.6. The fraction of sp³-hybridized carbons (Fsp3) is 0.741. The van der Waals surface area contributed by atoms with Crippen molar-refractivity contribution in [2.75, 3.05) is 13.7 Å². The number of hydrogen-bond donors (Lipinski definition) is 1. The molecule has 3 atom stereocenters. The van der Waals surface area contributed by atoms with Crippen LogP contribution in [0.25, 0.3) is 11.2 Å². The van der Waals surface area contributed by atoms with E-state index in [2.05, 4.69) is 31.8 Å². The summed E-state index contributed by atoms with van der Waals surface area (Å²) in [5.41, 5.74) is 1.85. The number of aliphatic hydroxyl groups excluding tert-OH is 1. The van der Waals surface area contributed by atoms with Gasteiger partial charge in [-0.2, -0.15) is 0 Å². The van der Waals surface area contributed by atoms with Crippen molar-refractivity contribution in [1.29, 1.82) is 0 Å². The second-order valence-electron chi connectivity index (χ2n) is 12.2. The van der Waals surface area contributed by atoms with Crippen LogP contribution >= 0.6 is 0 Å². The van der Waals surface area contributed by atoms with E-state index in [0.29, 0.717) is 31.6 Å². The molecule has 1 N–H and O–H groups in total. The van der Waals surface area contributed by atoms with Crippen LogP contribution in [-0.4, -0.2) is 67.8 Å². The van der Waals surface area contributed by atoms with E-state index in [-0.39, 0.29) is 17.6 Å². The Morgan fingerprint density at radius 3 is 2.50 bits per heavy atom. The van der Waals surface area contributed by atoms with Crippen molar-refractivity contribution in [1.82, 2.24) is 19.4 Å². The lowest BCUT2D eigenvalue weighted by Crippen LogP contribution is -2.53. The molecule has 0 bridgehead atoms. The van der Waals surface area contributed by atoms with Gasteiger partial charge in [-0.05, 0) is 59.9 Å². The third-order valence-corrected chi connectivity index (χ3v) is 6.67. The van der Waals surface area contributed by atoms with Gasteiger partial charge in [0.25, 0.3) is 0 Å². The van der Waals surface area contributed by atoms with Gasteiger partial charge in [-0.15, -0.1) is 0 Å². The van der Waals surface area contributed by atoms with E-state index in [4.69, 9.17) is 19.2 Å². The van der Waals surface area contributed by atoms with Crippen molar-refractivity contribution in [2.24, 2.45) is 7.05 Å². The van der Waals surface area contributed by atoms with Gasteiger partial charge >= 0.3 is 6.09 Å². The lowest BCUT2D eigenvalue weighted by Gasteiger charge is -2.37.